The second-order valence-corrected chi connectivity index (χ2v) is 9.37. The van der Waals surface area contributed by atoms with Gasteiger partial charge in [0.2, 0.25) is 5.69 Å². The van der Waals surface area contributed by atoms with E-state index in [9.17, 15) is 8.78 Å². The Morgan fingerprint density at radius 2 is 1.48 bits per heavy atom. The number of anilines is 1. The van der Waals surface area contributed by atoms with Gasteiger partial charge in [0.25, 0.3) is 0 Å². The van der Waals surface area contributed by atoms with Gasteiger partial charge in [-0.1, -0.05) is 32.1 Å². The van der Waals surface area contributed by atoms with Crippen molar-refractivity contribution in [3.05, 3.63) is 95.2 Å². The van der Waals surface area contributed by atoms with Crippen molar-refractivity contribution in [3.8, 4) is 0 Å². The van der Waals surface area contributed by atoms with Crippen molar-refractivity contribution < 1.29 is 13.4 Å². The van der Waals surface area contributed by atoms with Gasteiger partial charge in [-0.15, -0.1) is 0 Å². The fourth-order valence-corrected chi connectivity index (χ4v) is 4.97. The number of hydrogen-bond donors (Lipinski definition) is 0. The number of fused-ring (bicyclic) bond motifs is 2. The van der Waals surface area contributed by atoms with Gasteiger partial charge in [0.05, 0.1) is 5.41 Å². The fourth-order valence-electron chi connectivity index (χ4n) is 4.97. The third-order valence-corrected chi connectivity index (χ3v) is 6.72. The topological polar surface area (TPSA) is 6.25 Å². The Balaban J connectivity index is 1.57. The lowest BCUT2D eigenvalue weighted by molar-refractivity contribution is -0.401. The van der Waals surface area contributed by atoms with Gasteiger partial charge in [-0.05, 0) is 55.8 Å². The molecular formula is C27H29F2N2+. The molecule has 0 radical (unpaired) electrons. The molecule has 0 unspecified atom stereocenters. The van der Waals surface area contributed by atoms with Gasteiger partial charge in [0.15, 0.2) is 5.71 Å². The molecule has 0 aliphatic carbocycles. The quantitative estimate of drug-likeness (QED) is 0.412. The molecule has 4 rings (SSSR count). The van der Waals surface area contributed by atoms with Crippen molar-refractivity contribution in [2.24, 2.45) is 0 Å². The largest absolute Gasteiger partial charge is 0.347 e. The molecule has 0 aromatic heterocycles. The third kappa shape index (κ3) is 3.34. The Morgan fingerprint density at radius 1 is 0.839 bits per heavy atom. The maximum absolute atomic E-state index is 13.8. The second-order valence-electron chi connectivity index (χ2n) is 9.37. The lowest BCUT2D eigenvalue weighted by Gasteiger charge is -2.23. The first-order valence-electron chi connectivity index (χ1n) is 10.6. The molecule has 2 heterocycles. The molecule has 0 atom stereocenters. The van der Waals surface area contributed by atoms with Crippen molar-refractivity contribution in [1.29, 1.82) is 0 Å². The molecule has 31 heavy (non-hydrogen) atoms. The van der Waals surface area contributed by atoms with E-state index in [2.05, 4.69) is 49.3 Å². The molecule has 4 heteroatoms. The number of allylic oxidation sites excluding steroid dienone is 6. The van der Waals surface area contributed by atoms with Crippen LogP contribution in [0.5, 0.6) is 0 Å². The van der Waals surface area contributed by atoms with Crippen molar-refractivity contribution >= 4 is 17.1 Å². The van der Waals surface area contributed by atoms with Gasteiger partial charge in [-0.3, -0.25) is 0 Å². The highest BCUT2D eigenvalue weighted by Crippen LogP contribution is 2.47. The Kier molecular flexibility index (Phi) is 5.00. The standard InChI is InChI=1S/C27H29F2N2/c1-26(2)20-16-18(28)12-14-22(20)30(5)24(26)10-8-7-9-11-25-27(3,4)21-17-19(29)13-15-23(21)31(25)6/h7-17H,1-6H3/q+1. The van der Waals surface area contributed by atoms with Crippen LogP contribution in [0.2, 0.25) is 0 Å². The highest BCUT2D eigenvalue weighted by Gasteiger charge is 2.43. The summed E-state index contributed by atoms with van der Waals surface area (Å²) in [6.07, 6.45) is 10.2. The summed E-state index contributed by atoms with van der Waals surface area (Å²) < 4.78 is 29.7. The Morgan fingerprint density at radius 3 is 2.19 bits per heavy atom. The smallest absolute Gasteiger partial charge is 0.209 e. The minimum atomic E-state index is -0.269. The molecule has 0 N–H and O–H groups in total. The highest BCUT2D eigenvalue weighted by molar-refractivity contribution is 6.03. The van der Waals surface area contributed by atoms with E-state index in [-0.39, 0.29) is 22.5 Å². The first kappa shape index (κ1) is 21.2. The molecule has 2 aliphatic rings. The number of hydrogen-bond acceptors (Lipinski definition) is 1. The number of rotatable bonds is 3. The average molecular weight is 420 g/mol. The van der Waals surface area contributed by atoms with Crippen molar-refractivity contribution in [3.63, 3.8) is 0 Å². The summed E-state index contributed by atoms with van der Waals surface area (Å²) in [7, 11) is 4.03. The predicted octanol–water partition coefficient (Wildman–Crippen LogP) is 6.39. The van der Waals surface area contributed by atoms with Crippen LogP contribution in [-0.2, 0) is 10.8 Å². The van der Waals surface area contributed by atoms with Gasteiger partial charge in [0.1, 0.15) is 18.7 Å². The van der Waals surface area contributed by atoms with E-state index in [1.54, 1.807) is 12.1 Å². The van der Waals surface area contributed by atoms with E-state index in [0.29, 0.717) is 0 Å². The third-order valence-electron chi connectivity index (χ3n) is 6.72. The Labute approximate surface area is 183 Å². The van der Waals surface area contributed by atoms with Crippen LogP contribution in [0, 0.1) is 11.6 Å². The summed E-state index contributed by atoms with van der Waals surface area (Å²) in [5, 5.41) is 0. The molecule has 0 saturated heterocycles. The maximum atomic E-state index is 13.8. The molecule has 0 saturated carbocycles. The fraction of sp³-hybridized carbons (Fsp3) is 0.296. The van der Waals surface area contributed by atoms with Crippen LogP contribution >= 0.6 is 0 Å². The van der Waals surface area contributed by atoms with E-state index in [4.69, 9.17) is 0 Å². The lowest BCUT2D eigenvalue weighted by Crippen LogP contribution is -2.26. The van der Waals surface area contributed by atoms with Crippen LogP contribution in [-0.4, -0.2) is 24.4 Å². The summed E-state index contributed by atoms with van der Waals surface area (Å²) in [5.74, 6) is -0.415. The van der Waals surface area contributed by atoms with Crippen LogP contribution in [0.15, 0.2) is 72.5 Å². The van der Waals surface area contributed by atoms with Crippen LogP contribution < -0.4 is 4.90 Å². The van der Waals surface area contributed by atoms with Gasteiger partial charge >= 0.3 is 0 Å². The van der Waals surface area contributed by atoms with Crippen LogP contribution in [0.1, 0.15) is 38.8 Å². The molecule has 0 spiro atoms. The predicted molar refractivity (Wildman–Crippen MR) is 124 cm³/mol. The van der Waals surface area contributed by atoms with Crippen molar-refractivity contribution in [1.82, 2.24) is 0 Å². The Hall–Kier alpha value is -3.01. The van der Waals surface area contributed by atoms with Gasteiger partial charge < -0.3 is 4.90 Å². The summed E-state index contributed by atoms with van der Waals surface area (Å²) in [6, 6.07) is 9.96. The van der Waals surface area contributed by atoms with E-state index >= 15 is 0 Å². The summed E-state index contributed by atoms with van der Waals surface area (Å²) in [6.45, 7) is 8.47. The highest BCUT2D eigenvalue weighted by atomic mass is 19.1. The second kappa shape index (κ2) is 7.30. The van der Waals surface area contributed by atoms with Gasteiger partial charge in [-0.2, -0.15) is 4.58 Å². The van der Waals surface area contributed by atoms with Gasteiger partial charge in [0, 0.05) is 41.6 Å². The first-order chi connectivity index (χ1) is 14.5. The molecular weight excluding hydrogens is 390 g/mol. The minimum Gasteiger partial charge on any atom is -0.347 e. The normalized spacial score (nSPS) is 20.4. The van der Waals surface area contributed by atoms with Crippen molar-refractivity contribution in [2.75, 3.05) is 19.0 Å². The molecule has 2 aromatic rings. The summed E-state index contributed by atoms with van der Waals surface area (Å²) in [5.41, 5.74) is 5.77. The van der Waals surface area contributed by atoms with Gasteiger partial charge in [-0.25, -0.2) is 8.78 Å². The van der Waals surface area contributed by atoms with Crippen molar-refractivity contribution in [2.45, 2.75) is 38.5 Å². The summed E-state index contributed by atoms with van der Waals surface area (Å²) >= 11 is 0. The average Bonchev–Trinajstić information content (AvgIpc) is 3.00. The number of halogens is 2. The van der Waals surface area contributed by atoms with E-state index in [1.165, 1.54) is 12.1 Å². The monoisotopic (exact) mass is 419 g/mol. The summed E-state index contributed by atoms with van der Waals surface area (Å²) in [4.78, 5) is 2.12. The molecule has 160 valence electrons. The number of nitrogens with zero attached hydrogens (tertiary/aromatic N) is 2. The molecule has 2 nitrogen and oxygen atoms in total. The first-order valence-corrected chi connectivity index (χ1v) is 10.6. The number of benzene rings is 2. The maximum Gasteiger partial charge on any atom is 0.209 e. The molecule has 0 bridgehead atoms. The lowest BCUT2D eigenvalue weighted by atomic mass is 9.81. The Bertz CT molecular complexity index is 1180. The molecule has 2 aliphatic heterocycles. The molecule has 0 amide bonds. The molecule has 2 aromatic carbocycles. The van der Waals surface area contributed by atoms with E-state index in [1.807, 2.05) is 44.5 Å². The minimum absolute atomic E-state index is 0.207. The molecule has 0 fully saturated rings. The van der Waals surface area contributed by atoms with Crippen LogP contribution in [0.3, 0.4) is 0 Å². The van der Waals surface area contributed by atoms with Crippen LogP contribution in [0.4, 0.5) is 20.2 Å². The van der Waals surface area contributed by atoms with Crippen LogP contribution in [0.25, 0.3) is 0 Å². The van der Waals surface area contributed by atoms with E-state index in [0.717, 1.165) is 33.9 Å². The zero-order valence-corrected chi connectivity index (χ0v) is 19.0. The zero-order chi connectivity index (χ0) is 22.6. The number of likely N-dealkylation sites (N-methyl/N-ethyl adjacent to an activating group) is 1. The SMILES string of the molecule is CN1/C(=C/C=C/C=C/C2=[N+](C)c3ccc(F)cc3C2(C)C)C(C)(C)c2cc(F)ccc21. The van der Waals surface area contributed by atoms with E-state index < -0.39 is 0 Å². The zero-order valence-electron chi connectivity index (χ0n) is 19.0.